The van der Waals surface area contributed by atoms with E-state index >= 15 is 0 Å². The molecule has 7 aromatic carbocycles. The zero-order valence-corrected chi connectivity index (χ0v) is 74.1. The Morgan fingerprint density at radius 1 is 0.214 bits per heavy atom. The lowest BCUT2D eigenvalue weighted by molar-refractivity contribution is 0.295. The van der Waals surface area contributed by atoms with E-state index in [2.05, 4.69) is 290 Å². The lowest BCUT2D eigenvalue weighted by Gasteiger charge is -2.15. The number of unbranched alkanes of at least 4 members (excludes halogenated alkanes) is 20. The van der Waals surface area contributed by atoms with Crippen molar-refractivity contribution in [2.45, 2.75) is 182 Å². The molecule has 0 spiro atoms. The third-order valence-electron chi connectivity index (χ3n) is 22.4. The molecular formula is C116H120N6O4. The van der Waals surface area contributed by atoms with E-state index in [0.29, 0.717) is 37.9 Å². The summed E-state index contributed by atoms with van der Waals surface area (Å²) >= 11 is 0. The smallest absolute Gasteiger partial charge is 0.135 e. The van der Waals surface area contributed by atoms with Gasteiger partial charge in [-0.15, -0.1) is 0 Å². The van der Waals surface area contributed by atoms with Crippen molar-refractivity contribution < 1.29 is 18.9 Å². The van der Waals surface area contributed by atoms with Crippen LogP contribution in [0.3, 0.4) is 0 Å². The van der Waals surface area contributed by atoms with Crippen molar-refractivity contribution in [3.63, 3.8) is 0 Å². The van der Waals surface area contributed by atoms with Gasteiger partial charge in [-0.25, -0.2) is 9.97 Å². The van der Waals surface area contributed by atoms with Gasteiger partial charge in [0.15, 0.2) is 0 Å². The normalized spacial score (nSPS) is 11.3. The number of pyridine rings is 6. The zero-order chi connectivity index (χ0) is 86.6. The SMILES string of the molecule is CCCCCCCCOc1cc(/C=C/c2ccc(-c3cc(-c4ccccn4)nc(-c4ccccn4)c3)cc2)c(OCCCCCCCC)cc1C#Cc1cc(/C=C/c2ccccc2)c(C#Cc2cc(OCCCCCCCC)c(/C=C/c3ccc(-c4cc(-c5ccccn5)nc(-c5ccccn5)c4)cc3)cc2OCCCCCCCC)cc1/C=C\c1ccccc1. The summed E-state index contributed by atoms with van der Waals surface area (Å²) in [5.74, 6) is 18.0. The van der Waals surface area contributed by atoms with Crippen LogP contribution in [0.5, 0.6) is 23.0 Å². The summed E-state index contributed by atoms with van der Waals surface area (Å²) in [6.45, 7) is 11.3. The average molecular weight is 1660 g/mol. The van der Waals surface area contributed by atoms with Crippen LogP contribution in [0.25, 0.3) is 116 Å². The number of nitrogens with zero attached hydrogens (tertiary/aromatic N) is 6. The summed E-state index contributed by atoms with van der Waals surface area (Å²) in [6.07, 6.45) is 52.0. The second kappa shape index (κ2) is 50.5. The molecule has 0 bridgehead atoms. The maximum atomic E-state index is 6.97. The van der Waals surface area contributed by atoms with E-state index in [4.69, 9.17) is 28.9 Å². The highest BCUT2D eigenvalue weighted by molar-refractivity contribution is 5.84. The van der Waals surface area contributed by atoms with Crippen LogP contribution in [0.1, 0.15) is 249 Å². The first-order valence-electron chi connectivity index (χ1n) is 46.2. The Morgan fingerprint density at radius 3 is 0.786 bits per heavy atom. The van der Waals surface area contributed by atoms with Crippen molar-refractivity contribution in [1.29, 1.82) is 0 Å². The molecule has 13 rings (SSSR count). The summed E-state index contributed by atoms with van der Waals surface area (Å²) in [6, 6.07) is 83.3. The van der Waals surface area contributed by atoms with Crippen LogP contribution in [0.15, 0.2) is 267 Å². The number of aromatic nitrogens is 6. The fraction of sp³-hybridized carbons (Fsp3) is 0.276. The maximum Gasteiger partial charge on any atom is 0.135 e. The highest BCUT2D eigenvalue weighted by atomic mass is 16.5. The van der Waals surface area contributed by atoms with Crippen molar-refractivity contribution >= 4 is 48.6 Å². The molecule has 0 aliphatic rings. The van der Waals surface area contributed by atoms with Crippen LogP contribution in [0.4, 0.5) is 0 Å². The van der Waals surface area contributed by atoms with Gasteiger partial charge < -0.3 is 18.9 Å². The molecule has 0 saturated carbocycles. The molecule has 0 saturated heterocycles. The number of benzene rings is 7. The summed E-state index contributed by atoms with van der Waals surface area (Å²) in [5, 5.41) is 0. The summed E-state index contributed by atoms with van der Waals surface area (Å²) in [4.78, 5) is 28.8. The second-order valence-corrected chi connectivity index (χ2v) is 32.3. The molecule has 6 heterocycles. The molecule has 126 heavy (non-hydrogen) atoms. The van der Waals surface area contributed by atoms with E-state index in [0.717, 1.165) is 197 Å². The maximum absolute atomic E-state index is 6.97. The van der Waals surface area contributed by atoms with Crippen molar-refractivity contribution in [1.82, 2.24) is 29.9 Å². The molecule has 638 valence electrons. The first-order valence-corrected chi connectivity index (χ1v) is 46.2. The molecule has 0 fully saturated rings. The quantitative estimate of drug-likeness (QED) is 0.0208. The standard InChI is InChI=1S/C116H120N6O4/c1-5-9-13-17-21-39-75-123-113-87-101(115(125-77-41-23-19-15-11-7-3)85-99(113)65-57-91-51-59-93(60-52-91)103-81-109(105-47-31-35-71-117-105)121-110(82-103)106-48-32-36-72-118-106)69-67-97-79-96(64-56-90-45-29-26-30-46-90)98(80-95(97)63-55-89-43-27-25-28-44-89)68-70-102-88-114(124-76-40-22-18-14-10-6-2)100(86-116(102)126-78-42-24-20-16-12-8-4)66-58-92-53-61-94(62-54-92)104-83-111(107-49-33-37-73-119-107)122-112(84-104)108-50-34-38-74-120-108/h25-38,43-66,71-74,79-88H,5-24,39-42,75-78H2,1-4H3/b63-55-,64-56+,65-57+,66-58+. The Kier molecular flexibility index (Phi) is 36.2. The van der Waals surface area contributed by atoms with Crippen molar-refractivity contribution in [2.75, 3.05) is 26.4 Å². The van der Waals surface area contributed by atoms with Gasteiger partial charge >= 0.3 is 0 Å². The van der Waals surface area contributed by atoms with Crippen LogP contribution < -0.4 is 18.9 Å². The molecule has 0 unspecified atom stereocenters. The zero-order valence-electron chi connectivity index (χ0n) is 74.1. The number of rotatable bonds is 46. The predicted molar refractivity (Wildman–Crippen MR) is 528 cm³/mol. The van der Waals surface area contributed by atoms with E-state index in [1.807, 2.05) is 72.8 Å². The molecule has 0 radical (unpaired) electrons. The first kappa shape index (κ1) is 90.4. The lowest BCUT2D eigenvalue weighted by Crippen LogP contribution is -2.03. The Hall–Kier alpha value is -13.3. The fourth-order valence-electron chi connectivity index (χ4n) is 15.2. The molecule has 0 amide bonds. The van der Waals surface area contributed by atoms with Crippen LogP contribution in [-0.4, -0.2) is 56.3 Å². The number of hydrogen-bond acceptors (Lipinski definition) is 10. The van der Waals surface area contributed by atoms with E-state index in [1.54, 1.807) is 24.8 Å². The second-order valence-electron chi connectivity index (χ2n) is 32.3. The minimum Gasteiger partial charge on any atom is -0.493 e. The van der Waals surface area contributed by atoms with Crippen molar-refractivity contribution in [3.05, 3.63) is 334 Å². The topological polar surface area (TPSA) is 114 Å². The highest BCUT2D eigenvalue weighted by Crippen LogP contribution is 2.37. The summed E-state index contributed by atoms with van der Waals surface area (Å²) in [7, 11) is 0. The fourth-order valence-corrected chi connectivity index (χ4v) is 15.2. The van der Waals surface area contributed by atoms with Crippen LogP contribution >= 0.6 is 0 Å². The van der Waals surface area contributed by atoms with Gasteiger partial charge in [-0.1, -0.05) is 362 Å². The highest BCUT2D eigenvalue weighted by Gasteiger charge is 2.18. The molecule has 10 heteroatoms. The van der Waals surface area contributed by atoms with E-state index in [1.165, 1.54) is 103 Å². The Morgan fingerprint density at radius 2 is 0.484 bits per heavy atom. The molecule has 13 aromatic rings. The third kappa shape index (κ3) is 28.4. The molecule has 6 aromatic heterocycles. The van der Waals surface area contributed by atoms with Crippen LogP contribution in [0.2, 0.25) is 0 Å². The van der Waals surface area contributed by atoms with Crippen LogP contribution in [0, 0.1) is 23.7 Å². The van der Waals surface area contributed by atoms with Gasteiger partial charge in [-0.2, -0.15) is 0 Å². The number of hydrogen-bond donors (Lipinski definition) is 0. The summed E-state index contributed by atoms with van der Waals surface area (Å²) < 4.78 is 27.8. The Balaban J connectivity index is 0.891. The Labute approximate surface area is 749 Å². The van der Waals surface area contributed by atoms with Gasteiger partial charge in [0, 0.05) is 59.2 Å². The van der Waals surface area contributed by atoms with E-state index in [-0.39, 0.29) is 0 Å². The van der Waals surface area contributed by atoms with Gasteiger partial charge in [-0.05, 0) is 178 Å². The molecule has 0 aliphatic heterocycles. The van der Waals surface area contributed by atoms with Gasteiger partial charge in [0.1, 0.15) is 23.0 Å². The third-order valence-corrected chi connectivity index (χ3v) is 22.4. The van der Waals surface area contributed by atoms with Gasteiger partial charge in [0.25, 0.3) is 0 Å². The Bertz CT molecular complexity index is 5300. The van der Waals surface area contributed by atoms with Crippen LogP contribution in [-0.2, 0) is 0 Å². The van der Waals surface area contributed by atoms with Crippen molar-refractivity contribution in [3.8, 4) is 114 Å². The minimum absolute atomic E-state index is 0.557. The molecule has 0 atom stereocenters. The number of ether oxygens (including phenoxy) is 4. The molecule has 0 N–H and O–H groups in total. The first-order chi connectivity index (χ1) is 62.3. The van der Waals surface area contributed by atoms with Gasteiger partial charge in [0.2, 0.25) is 0 Å². The molecular weight excluding hydrogens is 1540 g/mol. The minimum atomic E-state index is 0.557. The largest absolute Gasteiger partial charge is 0.493 e. The molecule has 0 aliphatic carbocycles. The predicted octanol–water partition coefficient (Wildman–Crippen LogP) is 30.5. The van der Waals surface area contributed by atoms with Gasteiger partial charge in [0.05, 0.1) is 83.1 Å². The van der Waals surface area contributed by atoms with E-state index in [9.17, 15) is 0 Å². The summed E-state index contributed by atoms with van der Waals surface area (Å²) in [5.41, 5.74) is 21.5. The van der Waals surface area contributed by atoms with Gasteiger partial charge in [-0.3, -0.25) is 19.9 Å². The monoisotopic (exact) mass is 1660 g/mol. The molecule has 10 nitrogen and oxygen atoms in total. The van der Waals surface area contributed by atoms with Crippen molar-refractivity contribution in [2.24, 2.45) is 0 Å². The lowest BCUT2D eigenvalue weighted by atomic mass is 9.96. The van der Waals surface area contributed by atoms with E-state index < -0.39 is 0 Å². The average Bonchev–Trinajstić information content (AvgIpc) is 0.840.